The van der Waals surface area contributed by atoms with E-state index in [2.05, 4.69) is 0 Å². The summed E-state index contributed by atoms with van der Waals surface area (Å²) in [4.78, 5) is -0.353. The minimum absolute atomic E-state index is 0.0882. The SMILES string of the molecule is CC(C)c1ccc(S(=O)(=O)N(C)C)cc1C(F)(F)F. The van der Waals surface area contributed by atoms with Crippen LogP contribution in [0.3, 0.4) is 0 Å². The van der Waals surface area contributed by atoms with E-state index in [9.17, 15) is 21.6 Å². The molecule has 1 aromatic carbocycles. The van der Waals surface area contributed by atoms with Gasteiger partial charge >= 0.3 is 6.18 Å². The Bertz CT molecular complexity index is 563. The fraction of sp³-hybridized carbons (Fsp3) is 0.500. The van der Waals surface area contributed by atoms with Crippen LogP contribution in [0.5, 0.6) is 0 Å². The van der Waals surface area contributed by atoms with Crippen molar-refractivity contribution in [1.29, 1.82) is 0 Å². The molecule has 0 bridgehead atoms. The van der Waals surface area contributed by atoms with Crippen molar-refractivity contribution < 1.29 is 21.6 Å². The largest absolute Gasteiger partial charge is 0.416 e. The van der Waals surface area contributed by atoms with Crippen LogP contribution in [-0.4, -0.2) is 26.8 Å². The molecule has 0 radical (unpaired) electrons. The smallest absolute Gasteiger partial charge is 0.207 e. The first-order chi connectivity index (χ1) is 8.48. The monoisotopic (exact) mass is 295 g/mol. The minimum Gasteiger partial charge on any atom is -0.207 e. The van der Waals surface area contributed by atoms with Crippen LogP contribution in [0.2, 0.25) is 0 Å². The van der Waals surface area contributed by atoms with E-state index >= 15 is 0 Å². The molecule has 0 aliphatic rings. The molecule has 3 nitrogen and oxygen atoms in total. The summed E-state index contributed by atoms with van der Waals surface area (Å²) in [5.74, 6) is -0.340. The standard InChI is InChI=1S/C12H16F3NO2S/c1-8(2)10-6-5-9(19(17,18)16(3)4)7-11(10)12(13,14)15/h5-8H,1-4H3. The van der Waals surface area contributed by atoms with Crippen molar-refractivity contribution in [1.82, 2.24) is 4.31 Å². The zero-order valence-electron chi connectivity index (χ0n) is 11.1. The predicted octanol–water partition coefficient (Wildman–Crippen LogP) is 3.08. The van der Waals surface area contributed by atoms with E-state index in [-0.39, 0.29) is 16.4 Å². The Morgan fingerprint density at radius 2 is 1.68 bits per heavy atom. The Balaban J connectivity index is 3.52. The zero-order chi connectivity index (χ0) is 15.0. The average molecular weight is 295 g/mol. The van der Waals surface area contributed by atoms with E-state index in [0.717, 1.165) is 4.31 Å². The Kier molecular flexibility index (Phi) is 4.31. The highest BCUT2D eigenvalue weighted by atomic mass is 32.2. The first kappa shape index (κ1) is 16.0. The van der Waals surface area contributed by atoms with Gasteiger partial charge in [-0.3, -0.25) is 0 Å². The van der Waals surface area contributed by atoms with Crippen LogP contribution < -0.4 is 0 Å². The molecule has 0 aromatic heterocycles. The van der Waals surface area contributed by atoms with Crippen molar-refractivity contribution in [3.63, 3.8) is 0 Å². The molecule has 0 fully saturated rings. The summed E-state index contributed by atoms with van der Waals surface area (Å²) in [7, 11) is -1.32. The summed E-state index contributed by atoms with van der Waals surface area (Å²) in [6.45, 7) is 3.26. The molecule has 0 saturated carbocycles. The second kappa shape index (κ2) is 5.13. The van der Waals surface area contributed by atoms with Gasteiger partial charge < -0.3 is 0 Å². The number of benzene rings is 1. The van der Waals surface area contributed by atoms with Gasteiger partial charge in [-0.25, -0.2) is 12.7 Å². The topological polar surface area (TPSA) is 37.4 Å². The average Bonchev–Trinajstić information content (AvgIpc) is 2.26. The van der Waals surface area contributed by atoms with Gasteiger partial charge in [-0.1, -0.05) is 19.9 Å². The molecule has 7 heteroatoms. The number of nitrogens with zero attached hydrogens (tertiary/aromatic N) is 1. The number of rotatable bonds is 3. The number of sulfonamides is 1. The normalized spacial score (nSPS) is 13.3. The summed E-state index contributed by atoms with van der Waals surface area (Å²) in [5.41, 5.74) is -0.810. The van der Waals surface area contributed by atoms with E-state index in [1.807, 2.05) is 0 Å². The maximum atomic E-state index is 13.0. The first-order valence-electron chi connectivity index (χ1n) is 5.61. The molecule has 108 valence electrons. The van der Waals surface area contributed by atoms with E-state index in [4.69, 9.17) is 0 Å². The van der Waals surface area contributed by atoms with Crippen molar-refractivity contribution in [2.24, 2.45) is 0 Å². The second-order valence-corrected chi connectivity index (χ2v) is 6.84. The predicted molar refractivity (Wildman–Crippen MR) is 66.4 cm³/mol. The van der Waals surface area contributed by atoms with Crippen LogP contribution in [0.15, 0.2) is 23.1 Å². The van der Waals surface area contributed by atoms with Crippen LogP contribution in [0.1, 0.15) is 30.9 Å². The molecule has 0 amide bonds. The van der Waals surface area contributed by atoms with Crippen molar-refractivity contribution in [3.8, 4) is 0 Å². The van der Waals surface area contributed by atoms with Gasteiger partial charge in [0.2, 0.25) is 10.0 Å². The first-order valence-corrected chi connectivity index (χ1v) is 7.05. The third kappa shape index (κ3) is 3.27. The Hall–Kier alpha value is -1.08. The number of hydrogen-bond donors (Lipinski definition) is 0. The maximum absolute atomic E-state index is 13.0. The molecular formula is C12H16F3NO2S. The van der Waals surface area contributed by atoms with Gasteiger partial charge in [-0.05, 0) is 23.6 Å². The van der Waals surface area contributed by atoms with Crippen LogP contribution in [0.4, 0.5) is 13.2 Å². The lowest BCUT2D eigenvalue weighted by Gasteiger charge is -2.18. The summed E-state index contributed by atoms with van der Waals surface area (Å²) in [5, 5.41) is 0. The van der Waals surface area contributed by atoms with Gasteiger partial charge in [0.25, 0.3) is 0 Å². The van der Waals surface area contributed by atoms with Gasteiger partial charge in [-0.15, -0.1) is 0 Å². The highest BCUT2D eigenvalue weighted by Crippen LogP contribution is 2.36. The molecule has 0 aliphatic heterocycles. The van der Waals surface area contributed by atoms with Crippen LogP contribution in [0.25, 0.3) is 0 Å². The Morgan fingerprint density at radius 1 is 1.16 bits per heavy atom. The molecule has 19 heavy (non-hydrogen) atoms. The highest BCUT2D eigenvalue weighted by Gasteiger charge is 2.35. The summed E-state index contributed by atoms with van der Waals surface area (Å²) < 4.78 is 63.5. The van der Waals surface area contributed by atoms with Crippen molar-refractivity contribution in [2.75, 3.05) is 14.1 Å². The molecule has 0 atom stereocenters. The highest BCUT2D eigenvalue weighted by molar-refractivity contribution is 7.89. The summed E-state index contributed by atoms with van der Waals surface area (Å²) in [6, 6.07) is 3.13. The third-order valence-electron chi connectivity index (χ3n) is 2.73. The van der Waals surface area contributed by atoms with E-state index in [1.165, 1.54) is 26.2 Å². The number of hydrogen-bond acceptors (Lipinski definition) is 2. The molecule has 0 spiro atoms. The van der Waals surface area contributed by atoms with Gasteiger partial charge in [0.15, 0.2) is 0 Å². The molecular weight excluding hydrogens is 279 g/mol. The van der Waals surface area contributed by atoms with Crippen LogP contribution in [-0.2, 0) is 16.2 Å². The molecule has 0 unspecified atom stereocenters. The minimum atomic E-state index is -4.57. The van der Waals surface area contributed by atoms with E-state index in [0.29, 0.717) is 6.07 Å². The third-order valence-corrected chi connectivity index (χ3v) is 4.54. The summed E-state index contributed by atoms with van der Waals surface area (Å²) in [6.07, 6.45) is -4.57. The zero-order valence-corrected chi connectivity index (χ0v) is 11.9. The molecule has 0 heterocycles. The second-order valence-electron chi connectivity index (χ2n) is 4.69. The molecule has 1 rings (SSSR count). The van der Waals surface area contributed by atoms with Crippen LogP contribution in [0, 0.1) is 0 Å². The molecule has 0 N–H and O–H groups in total. The van der Waals surface area contributed by atoms with Crippen molar-refractivity contribution in [2.45, 2.75) is 30.8 Å². The molecule has 0 aliphatic carbocycles. The number of halogens is 3. The molecule has 0 saturated heterocycles. The fourth-order valence-electron chi connectivity index (χ4n) is 1.66. The lowest BCUT2D eigenvalue weighted by Crippen LogP contribution is -2.23. The lowest BCUT2D eigenvalue weighted by molar-refractivity contribution is -0.138. The quantitative estimate of drug-likeness (QED) is 0.859. The Labute approximate surface area is 111 Å². The molecule has 1 aromatic rings. The lowest BCUT2D eigenvalue weighted by atomic mass is 9.97. The van der Waals surface area contributed by atoms with E-state index in [1.54, 1.807) is 13.8 Å². The van der Waals surface area contributed by atoms with Crippen LogP contribution >= 0.6 is 0 Å². The maximum Gasteiger partial charge on any atom is 0.416 e. The van der Waals surface area contributed by atoms with Crippen molar-refractivity contribution in [3.05, 3.63) is 29.3 Å². The Morgan fingerprint density at radius 3 is 2.05 bits per heavy atom. The van der Waals surface area contributed by atoms with Gasteiger partial charge in [0.1, 0.15) is 0 Å². The van der Waals surface area contributed by atoms with E-state index < -0.39 is 21.8 Å². The van der Waals surface area contributed by atoms with Crippen molar-refractivity contribution >= 4 is 10.0 Å². The fourth-order valence-corrected chi connectivity index (χ4v) is 2.58. The summed E-state index contributed by atoms with van der Waals surface area (Å²) >= 11 is 0. The van der Waals surface area contributed by atoms with Gasteiger partial charge in [-0.2, -0.15) is 13.2 Å². The van der Waals surface area contributed by atoms with Gasteiger partial charge in [0, 0.05) is 14.1 Å². The van der Waals surface area contributed by atoms with Gasteiger partial charge in [0.05, 0.1) is 10.5 Å². The number of alkyl halides is 3.